The highest BCUT2D eigenvalue weighted by Gasteiger charge is 2.26. The Bertz CT molecular complexity index is 1280. The molecule has 34 heavy (non-hydrogen) atoms. The van der Waals surface area contributed by atoms with Gasteiger partial charge in [0.15, 0.2) is 0 Å². The Morgan fingerprint density at radius 2 is 1.79 bits per heavy atom. The zero-order valence-corrected chi connectivity index (χ0v) is 19.5. The summed E-state index contributed by atoms with van der Waals surface area (Å²) in [6.07, 6.45) is 10.8. The van der Waals surface area contributed by atoms with Gasteiger partial charge in [0.2, 0.25) is 0 Å². The lowest BCUT2D eigenvalue weighted by Gasteiger charge is -2.13. The molecule has 0 aliphatic heterocycles. The summed E-state index contributed by atoms with van der Waals surface area (Å²) in [6.45, 7) is 1.13. The van der Waals surface area contributed by atoms with E-state index in [0.29, 0.717) is 29.2 Å². The molecule has 3 aromatic heterocycles. The SMILES string of the molecule is O=C(Nc1sc2c(c1C(=O)NCc1ccc(Cn3cccn3)cc1)CCCC2)c1cccnc1. The molecule has 0 saturated heterocycles. The minimum atomic E-state index is -0.256. The molecule has 4 aromatic rings. The second kappa shape index (κ2) is 10.0. The lowest BCUT2D eigenvalue weighted by atomic mass is 9.95. The number of fused-ring (bicyclic) bond motifs is 1. The second-order valence-electron chi connectivity index (χ2n) is 8.31. The first-order valence-corrected chi connectivity index (χ1v) is 12.2. The number of amides is 2. The highest BCUT2D eigenvalue weighted by atomic mass is 32.1. The number of anilines is 1. The Kier molecular flexibility index (Phi) is 6.49. The average Bonchev–Trinajstić information content (AvgIpc) is 3.51. The number of pyridine rings is 1. The maximum absolute atomic E-state index is 13.3. The number of carbonyl (C=O) groups excluding carboxylic acids is 2. The molecule has 172 valence electrons. The van der Waals surface area contributed by atoms with Crippen molar-refractivity contribution in [1.82, 2.24) is 20.1 Å². The van der Waals surface area contributed by atoms with Gasteiger partial charge in [0.1, 0.15) is 5.00 Å². The van der Waals surface area contributed by atoms with Gasteiger partial charge in [-0.05, 0) is 60.6 Å². The van der Waals surface area contributed by atoms with Crippen LogP contribution in [0.5, 0.6) is 0 Å². The van der Waals surface area contributed by atoms with Crippen molar-refractivity contribution in [2.24, 2.45) is 0 Å². The van der Waals surface area contributed by atoms with E-state index in [2.05, 4.69) is 32.8 Å². The van der Waals surface area contributed by atoms with Gasteiger partial charge in [-0.25, -0.2) is 0 Å². The van der Waals surface area contributed by atoms with Gasteiger partial charge in [0, 0.05) is 36.2 Å². The van der Waals surface area contributed by atoms with Crippen molar-refractivity contribution >= 4 is 28.2 Å². The highest BCUT2D eigenvalue weighted by molar-refractivity contribution is 7.17. The van der Waals surface area contributed by atoms with Crippen LogP contribution in [0.1, 0.15) is 55.1 Å². The van der Waals surface area contributed by atoms with Crippen LogP contribution in [0.25, 0.3) is 0 Å². The molecule has 5 rings (SSSR count). The molecule has 1 aliphatic carbocycles. The summed E-state index contributed by atoms with van der Waals surface area (Å²) < 4.78 is 1.87. The fourth-order valence-corrected chi connectivity index (χ4v) is 5.46. The zero-order chi connectivity index (χ0) is 23.3. The number of aryl methyl sites for hydroxylation is 1. The number of aromatic nitrogens is 3. The number of nitrogens with one attached hydrogen (secondary N) is 2. The lowest BCUT2D eigenvalue weighted by Crippen LogP contribution is -2.25. The van der Waals surface area contributed by atoms with Gasteiger partial charge in [0.05, 0.1) is 17.7 Å². The van der Waals surface area contributed by atoms with Crippen molar-refractivity contribution in [2.75, 3.05) is 5.32 Å². The summed E-state index contributed by atoms with van der Waals surface area (Å²) in [7, 11) is 0. The largest absolute Gasteiger partial charge is 0.348 e. The van der Waals surface area contributed by atoms with Gasteiger partial charge in [-0.2, -0.15) is 5.10 Å². The number of nitrogens with zero attached hydrogens (tertiary/aromatic N) is 3. The number of rotatable bonds is 7. The van der Waals surface area contributed by atoms with Crippen molar-refractivity contribution in [1.29, 1.82) is 0 Å². The van der Waals surface area contributed by atoms with E-state index in [9.17, 15) is 9.59 Å². The summed E-state index contributed by atoms with van der Waals surface area (Å²) >= 11 is 1.52. The molecule has 0 spiro atoms. The van der Waals surface area contributed by atoms with E-state index in [1.807, 2.05) is 29.1 Å². The minimum Gasteiger partial charge on any atom is -0.348 e. The molecule has 0 bridgehead atoms. The first-order chi connectivity index (χ1) is 16.7. The average molecular weight is 472 g/mol. The van der Waals surface area contributed by atoms with Gasteiger partial charge < -0.3 is 10.6 Å². The zero-order valence-electron chi connectivity index (χ0n) is 18.7. The Morgan fingerprint density at radius 1 is 0.971 bits per heavy atom. The van der Waals surface area contributed by atoms with Gasteiger partial charge in [-0.3, -0.25) is 19.3 Å². The summed E-state index contributed by atoms with van der Waals surface area (Å²) in [6, 6.07) is 13.5. The molecule has 1 aromatic carbocycles. The molecule has 0 saturated carbocycles. The Labute approximate surface area is 201 Å². The Morgan fingerprint density at radius 3 is 2.56 bits per heavy atom. The van der Waals surface area contributed by atoms with Crippen LogP contribution in [0.3, 0.4) is 0 Å². The third-order valence-electron chi connectivity index (χ3n) is 5.93. The van der Waals surface area contributed by atoms with E-state index >= 15 is 0 Å². The van der Waals surface area contributed by atoms with E-state index in [-0.39, 0.29) is 11.8 Å². The number of carbonyl (C=O) groups is 2. The van der Waals surface area contributed by atoms with E-state index in [1.165, 1.54) is 22.4 Å². The third kappa shape index (κ3) is 4.92. The molecule has 0 fully saturated rings. The molecule has 2 N–H and O–H groups in total. The van der Waals surface area contributed by atoms with E-state index in [1.54, 1.807) is 24.5 Å². The fourth-order valence-electron chi connectivity index (χ4n) is 4.18. The second-order valence-corrected chi connectivity index (χ2v) is 9.42. The topological polar surface area (TPSA) is 88.9 Å². The summed E-state index contributed by atoms with van der Waals surface area (Å²) in [5, 5.41) is 10.9. The molecule has 2 amide bonds. The molecule has 3 heterocycles. The van der Waals surface area contributed by atoms with Crippen LogP contribution >= 0.6 is 11.3 Å². The Hall–Kier alpha value is -3.78. The van der Waals surface area contributed by atoms with E-state index in [0.717, 1.165) is 42.4 Å². The summed E-state index contributed by atoms with van der Waals surface area (Å²) in [4.78, 5) is 31.2. The van der Waals surface area contributed by atoms with Crippen LogP contribution in [0, 0.1) is 0 Å². The maximum atomic E-state index is 13.3. The van der Waals surface area contributed by atoms with Crippen LogP contribution in [0.2, 0.25) is 0 Å². The van der Waals surface area contributed by atoms with Crippen LogP contribution in [-0.2, 0) is 25.9 Å². The number of thiophene rings is 1. The maximum Gasteiger partial charge on any atom is 0.257 e. The molecular formula is C26H25N5O2S. The standard InChI is InChI=1S/C26H25N5O2S/c32-24(20-5-3-12-27-16-20)30-26-23(21-6-1-2-7-22(21)34-26)25(33)28-15-18-8-10-19(11-9-18)17-31-14-4-13-29-31/h3-5,8-14,16H,1-2,6-7,15,17H2,(H,28,33)(H,30,32). The molecule has 7 nitrogen and oxygen atoms in total. The van der Waals surface area contributed by atoms with Gasteiger partial charge in [-0.15, -0.1) is 11.3 Å². The first-order valence-electron chi connectivity index (χ1n) is 11.4. The predicted molar refractivity (Wildman–Crippen MR) is 132 cm³/mol. The van der Waals surface area contributed by atoms with Crippen LogP contribution in [0.15, 0.2) is 67.3 Å². The highest BCUT2D eigenvalue weighted by Crippen LogP contribution is 2.38. The fraction of sp³-hybridized carbons (Fsp3) is 0.231. The molecule has 8 heteroatoms. The smallest absolute Gasteiger partial charge is 0.257 e. The minimum absolute atomic E-state index is 0.151. The predicted octanol–water partition coefficient (Wildman–Crippen LogP) is 4.45. The monoisotopic (exact) mass is 471 g/mol. The molecule has 0 radical (unpaired) electrons. The quantitative estimate of drug-likeness (QED) is 0.417. The van der Waals surface area contributed by atoms with Crippen LogP contribution in [0.4, 0.5) is 5.00 Å². The van der Waals surface area contributed by atoms with Crippen molar-refractivity contribution in [2.45, 2.75) is 38.8 Å². The molecule has 0 unspecified atom stereocenters. The molecule has 0 atom stereocenters. The van der Waals surface area contributed by atoms with Crippen molar-refractivity contribution in [3.8, 4) is 0 Å². The van der Waals surface area contributed by atoms with Crippen molar-refractivity contribution in [3.05, 3.63) is 99.9 Å². The van der Waals surface area contributed by atoms with Gasteiger partial charge in [0.25, 0.3) is 11.8 Å². The normalized spacial score (nSPS) is 12.7. The van der Waals surface area contributed by atoms with Crippen LogP contribution < -0.4 is 10.6 Å². The van der Waals surface area contributed by atoms with Gasteiger partial charge >= 0.3 is 0 Å². The van der Waals surface area contributed by atoms with Crippen LogP contribution in [-0.4, -0.2) is 26.6 Å². The van der Waals surface area contributed by atoms with Crippen molar-refractivity contribution in [3.63, 3.8) is 0 Å². The number of hydrogen-bond donors (Lipinski definition) is 2. The molecule has 1 aliphatic rings. The van der Waals surface area contributed by atoms with E-state index < -0.39 is 0 Å². The van der Waals surface area contributed by atoms with Crippen molar-refractivity contribution < 1.29 is 9.59 Å². The van der Waals surface area contributed by atoms with Gasteiger partial charge in [-0.1, -0.05) is 24.3 Å². The summed E-state index contributed by atoms with van der Waals surface area (Å²) in [5.41, 5.74) is 4.31. The third-order valence-corrected chi connectivity index (χ3v) is 7.14. The first kappa shape index (κ1) is 22.0. The Balaban J connectivity index is 1.30. The lowest BCUT2D eigenvalue weighted by molar-refractivity contribution is 0.0951. The number of benzene rings is 1. The van der Waals surface area contributed by atoms with E-state index in [4.69, 9.17) is 0 Å². The molecular weight excluding hydrogens is 446 g/mol. The number of hydrogen-bond acceptors (Lipinski definition) is 5. The summed E-state index contributed by atoms with van der Waals surface area (Å²) in [5.74, 6) is -0.407.